The molecule has 2 aromatic rings. The molecular weight excluding hydrogens is 437 g/mol. The van der Waals surface area contributed by atoms with E-state index in [1.165, 1.54) is 17.0 Å². The van der Waals surface area contributed by atoms with Crippen molar-refractivity contribution in [3.8, 4) is 5.75 Å². The fourth-order valence-corrected chi connectivity index (χ4v) is 3.90. The predicted octanol–water partition coefficient (Wildman–Crippen LogP) is 2.98. The molecule has 0 radical (unpaired) electrons. The largest absolute Gasteiger partial charge is 0.573 e. The van der Waals surface area contributed by atoms with Gasteiger partial charge < -0.3 is 15.0 Å². The molecule has 1 aliphatic rings. The quantitative estimate of drug-likeness (QED) is 0.692. The van der Waals surface area contributed by atoms with Crippen molar-refractivity contribution < 1.29 is 35.9 Å². The maximum atomic E-state index is 12.9. The summed E-state index contributed by atoms with van der Waals surface area (Å²) in [5, 5.41) is 2.53. The second-order valence-corrected chi connectivity index (χ2v) is 9.35. The number of sulfone groups is 1. The lowest BCUT2D eigenvalue weighted by Crippen LogP contribution is -2.45. The van der Waals surface area contributed by atoms with Gasteiger partial charge in [-0.2, -0.15) is 0 Å². The van der Waals surface area contributed by atoms with Crippen LogP contribution < -0.4 is 10.1 Å². The van der Waals surface area contributed by atoms with Gasteiger partial charge in [0, 0.05) is 24.1 Å². The van der Waals surface area contributed by atoms with Gasteiger partial charge in [-0.25, -0.2) is 8.42 Å². The fourth-order valence-electron chi connectivity index (χ4n) is 3.25. The van der Waals surface area contributed by atoms with E-state index in [2.05, 4.69) is 10.1 Å². The minimum Gasteiger partial charge on any atom is -0.406 e. The molecule has 0 fully saturated rings. The molecule has 1 N–H and O–H groups in total. The molecule has 1 aliphatic heterocycles. The maximum absolute atomic E-state index is 12.9. The summed E-state index contributed by atoms with van der Waals surface area (Å²) in [6, 6.07) is 10.2. The molecule has 0 aliphatic carbocycles. The van der Waals surface area contributed by atoms with Crippen LogP contribution in [0, 0.1) is 0 Å². The zero-order valence-corrected chi connectivity index (χ0v) is 17.2. The molecule has 0 saturated carbocycles. The SMILES string of the molecule is CS(=O)(=O)CCC(C(=O)Nc1ccc(OC(F)(F)F)cc1)N1Cc2ccccc2C1=O. The van der Waals surface area contributed by atoms with E-state index in [0.29, 0.717) is 5.56 Å². The van der Waals surface area contributed by atoms with Crippen molar-refractivity contribution in [3.05, 3.63) is 59.7 Å². The first kappa shape index (κ1) is 22.6. The first-order valence-corrected chi connectivity index (χ1v) is 11.2. The Morgan fingerprint density at radius 2 is 1.81 bits per heavy atom. The van der Waals surface area contributed by atoms with Gasteiger partial charge in [0.15, 0.2) is 0 Å². The monoisotopic (exact) mass is 456 g/mol. The molecule has 0 aromatic heterocycles. The second-order valence-electron chi connectivity index (χ2n) is 7.09. The Kier molecular flexibility index (Phi) is 6.25. The highest BCUT2D eigenvalue weighted by Gasteiger charge is 2.36. The molecule has 2 amide bonds. The van der Waals surface area contributed by atoms with E-state index in [1.54, 1.807) is 24.3 Å². The zero-order valence-electron chi connectivity index (χ0n) is 16.3. The number of fused-ring (bicyclic) bond motifs is 1. The van der Waals surface area contributed by atoms with Crippen LogP contribution in [0.15, 0.2) is 48.5 Å². The van der Waals surface area contributed by atoms with Crippen molar-refractivity contribution in [2.24, 2.45) is 0 Å². The minimum absolute atomic E-state index is 0.125. The molecule has 11 heteroatoms. The number of ether oxygens (including phenoxy) is 1. The molecule has 1 unspecified atom stereocenters. The molecular formula is C20H19F3N2O5S. The fraction of sp³-hybridized carbons (Fsp3) is 0.300. The number of carbonyl (C=O) groups is 2. The number of hydrogen-bond donors (Lipinski definition) is 1. The lowest BCUT2D eigenvalue weighted by Gasteiger charge is -2.27. The van der Waals surface area contributed by atoms with Gasteiger partial charge in [0.25, 0.3) is 5.91 Å². The number of amides is 2. The lowest BCUT2D eigenvalue weighted by atomic mass is 10.1. The Labute approximate surface area is 176 Å². The highest BCUT2D eigenvalue weighted by molar-refractivity contribution is 7.90. The summed E-state index contributed by atoms with van der Waals surface area (Å²) in [5.74, 6) is -1.81. The standard InChI is InChI=1S/C20H19F3N2O5S/c1-31(28,29)11-10-17(25-12-13-4-2-3-5-16(13)19(25)27)18(26)24-14-6-8-15(9-7-14)30-20(21,22)23/h2-9,17H,10-12H2,1H3,(H,24,26). The van der Waals surface area contributed by atoms with Gasteiger partial charge in [0.2, 0.25) is 5.91 Å². The van der Waals surface area contributed by atoms with Crippen molar-refractivity contribution in [1.82, 2.24) is 4.90 Å². The number of anilines is 1. The van der Waals surface area contributed by atoms with Gasteiger partial charge in [-0.05, 0) is 42.3 Å². The first-order chi connectivity index (χ1) is 14.4. The van der Waals surface area contributed by atoms with Crippen LogP contribution in [-0.2, 0) is 21.2 Å². The van der Waals surface area contributed by atoms with E-state index in [4.69, 9.17) is 0 Å². The van der Waals surface area contributed by atoms with Crippen molar-refractivity contribution in [2.75, 3.05) is 17.3 Å². The molecule has 0 saturated heterocycles. The lowest BCUT2D eigenvalue weighted by molar-refractivity contribution is -0.274. The van der Waals surface area contributed by atoms with Crippen molar-refractivity contribution >= 4 is 27.3 Å². The number of nitrogens with one attached hydrogen (secondary N) is 1. The number of carbonyl (C=O) groups excluding carboxylic acids is 2. The third-order valence-electron chi connectivity index (χ3n) is 4.65. The highest BCUT2D eigenvalue weighted by Crippen LogP contribution is 2.27. The zero-order chi connectivity index (χ0) is 22.8. The smallest absolute Gasteiger partial charge is 0.406 e. The number of halogens is 3. The second kappa shape index (κ2) is 8.58. The summed E-state index contributed by atoms with van der Waals surface area (Å²) >= 11 is 0. The van der Waals surface area contributed by atoms with Gasteiger partial charge >= 0.3 is 6.36 Å². The highest BCUT2D eigenvalue weighted by atomic mass is 32.2. The molecule has 7 nitrogen and oxygen atoms in total. The van der Waals surface area contributed by atoms with Gasteiger partial charge in [-0.15, -0.1) is 13.2 Å². The van der Waals surface area contributed by atoms with E-state index < -0.39 is 39.8 Å². The third kappa shape index (κ3) is 5.97. The van der Waals surface area contributed by atoms with Gasteiger partial charge in [-0.3, -0.25) is 9.59 Å². The van der Waals surface area contributed by atoms with E-state index >= 15 is 0 Å². The van der Waals surface area contributed by atoms with Crippen LogP contribution in [-0.4, -0.2) is 49.5 Å². The van der Waals surface area contributed by atoms with Gasteiger partial charge in [-0.1, -0.05) is 18.2 Å². The van der Waals surface area contributed by atoms with Crippen molar-refractivity contribution in [3.63, 3.8) is 0 Å². The topological polar surface area (TPSA) is 92.8 Å². The average molecular weight is 456 g/mol. The van der Waals surface area contributed by atoms with E-state index in [-0.39, 0.29) is 24.4 Å². The van der Waals surface area contributed by atoms with E-state index in [0.717, 1.165) is 24.0 Å². The average Bonchev–Trinajstić information content (AvgIpc) is 2.98. The van der Waals surface area contributed by atoms with E-state index in [1.807, 2.05) is 0 Å². The number of nitrogens with zero attached hydrogens (tertiary/aromatic N) is 1. The van der Waals surface area contributed by atoms with Crippen LogP contribution in [0.1, 0.15) is 22.3 Å². The Bertz CT molecular complexity index is 1080. The predicted molar refractivity (Wildman–Crippen MR) is 106 cm³/mol. The molecule has 166 valence electrons. The van der Waals surface area contributed by atoms with E-state index in [9.17, 15) is 31.2 Å². The number of alkyl halides is 3. The normalized spacial score (nSPS) is 14.8. The molecule has 0 bridgehead atoms. The van der Waals surface area contributed by atoms with Gasteiger partial charge in [0.05, 0.1) is 5.75 Å². The Morgan fingerprint density at radius 1 is 1.16 bits per heavy atom. The summed E-state index contributed by atoms with van der Waals surface area (Å²) in [4.78, 5) is 27.0. The Morgan fingerprint density at radius 3 is 2.39 bits per heavy atom. The summed E-state index contributed by atoms with van der Waals surface area (Å²) in [6.07, 6.45) is -3.94. The van der Waals surface area contributed by atoms with Crippen LogP contribution in [0.5, 0.6) is 5.75 Å². The van der Waals surface area contributed by atoms with Crippen LogP contribution >= 0.6 is 0 Å². The van der Waals surface area contributed by atoms with Crippen LogP contribution in [0.3, 0.4) is 0 Å². The molecule has 0 spiro atoms. The maximum Gasteiger partial charge on any atom is 0.573 e. The summed E-state index contributed by atoms with van der Waals surface area (Å²) in [5.41, 5.74) is 1.33. The van der Waals surface area contributed by atoms with Crippen LogP contribution in [0.25, 0.3) is 0 Å². The molecule has 1 heterocycles. The number of rotatable bonds is 7. The first-order valence-electron chi connectivity index (χ1n) is 9.16. The van der Waals surface area contributed by atoms with Crippen LogP contribution in [0.4, 0.5) is 18.9 Å². The Balaban J connectivity index is 1.78. The third-order valence-corrected chi connectivity index (χ3v) is 5.62. The summed E-state index contributed by atoms with van der Waals surface area (Å²) in [7, 11) is -3.40. The molecule has 31 heavy (non-hydrogen) atoms. The molecule has 3 rings (SSSR count). The van der Waals surface area contributed by atoms with Crippen molar-refractivity contribution in [2.45, 2.75) is 25.4 Å². The molecule has 1 atom stereocenters. The van der Waals surface area contributed by atoms with Crippen LogP contribution in [0.2, 0.25) is 0 Å². The number of hydrogen-bond acceptors (Lipinski definition) is 5. The van der Waals surface area contributed by atoms with Gasteiger partial charge in [0.1, 0.15) is 21.6 Å². The Hall–Kier alpha value is -3.08. The van der Waals surface area contributed by atoms with Crippen molar-refractivity contribution in [1.29, 1.82) is 0 Å². The molecule has 2 aromatic carbocycles. The summed E-state index contributed by atoms with van der Waals surface area (Å²) in [6.45, 7) is 0.148. The summed E-state index contributed by atoms with van der Waals surface area (Å²) < 4.78 is 63.9. The minimum atomic E-state index is -4.84. The number of benzene rings is 2.